The van der Waals surface area contributed by atoms with Gasteiger partial charge in [-0.25, -0.2) is 8.42 Å². The number of carbonyl (C=O) groups is 1. The van der Waals surface area contributed by atoms with E-state index in [0.717, 1.165) is 16.8 Å². The smallest absolute Gasteiger partial charge is 0.264 e. The summed E-state index contributed by atoms with van der Waals surface area (Å²) >= 11 is 0. The van der Waals surface area contributed by atoms with Gasteiger partial charge in [-0.05, 0) is 60.7 Å². The largest absolute Gasteiger partial charge is 0.350 e. The Morgan fingerprint density at radius 3 is 2.24 bits per heavy atom. The van der Waals surface area contributed by atoms with Crippen molar-refractivity contribution in [2.45, 2.75) is 57.4 Å². The summed E-state index contributed by atoms with van der Waals surface area (Å²) in [6.45, 7) is 8.78. The molecule has 3 rings (SSSR count). The fraction of sp³-hybridized carbons (Fsp3) is 0.333. The first-order valence-electron chi connectivity index (χ1n) is 11.4. The van der Waals surface area contributed by atoms with E-state index in [-0.39, 0.29) is 29.2 Å². The second kappa shape index (κ2) is 10.8. The van der Waals surface area contributed by atoms with Gasteiger partial charge in [0.05, 0.1) is 22.8 Å². The first kappa shape index (κ1) is 25.4. The SMILES string of the molecule is Cc1ccc(N(CCCC(=O)NCc2ccccn2)S(=O)(=O)c2ccc(C(C)(C)C)cc2)cc1. The summed E-state index contributed by atoms with van der Waals surface area (Å²) in [7, 11) is -3.79. The normalized spacial score (nSPS) is 11.8. The lowest BCUT2D eigenvalue weighted by Gasteiger charge is -2.25. The number of aryl methyl sites for hydroxylation is 1. The molecule has 6 nitrogen and oxygen atoms in total. The minimum atomic E-state index is -3.79. The van der Waals surface area contributed by atoms with Crippen LogP contribution in [-0.4, -0.2) is 25.9 Å². The average Bonchev–Trinajstić information content (AvgIpc) is 2.81. The van der Waals surface area contributed by atoms with Gasteiger partial charge >= 0.3 is 0 Å². The Kier molecular flexibility index (Phi) is 8.10. The number of benzene rings is 2. The fourth-order valence-electron chi connectivity index (χ4n) is 3.52. The number of sulfonamides is 1. The van der Waals surface area contributed by atoms with Crippen LogP contribution in [0.3, 0.4) is 0 Å². The Bertz CT molecular complexity index is 1180. The lowest BCUT2D eigenvalue weighted by atomic mass is 9.87. The van der Waals surface area contributed by atoms with Crippen LogP contribution in [0.2, 0.25) is 0 Å². The summed E-state index contributed by atoms with van der Waals surface area (Å²) in [6, 6.07) is 20.0. The number of carbonyl (C=O) groups excluding carboxylic acids is 1. The zero-order valence-corrected chi connectivity index (χ0v) is 21.1. The molecule has 0 spiro atoms. The maximum Gasteiger partial charge on any atom is 0.264 e. The molecule has 0 aliphatic carbocycles. The van der Waals surface area contributed by atoms with Crippen molar-refractivity contribution < 1.29 is 13.2 Å². The Balaban J connectivity index is 1.73. The summed E-state index contributed by atoms with van der Waals surface area (Å²) in [6.07, 6.45) is 2.29. The minimum absolute atomic E-state index is 0.0679. The molecule has 7 heteroatoms. The highest BCUT2D eigenvalue weighted by Gasteiger charge is 2.25. The van der Waals surface area contributed by atoms with Crippen molar-refractivity contribution in [3.8, 4) is 0 Å². The second-order valence-electron chi connectivity index (χ2n) is 9.39. The van der Waals surface area contributed by atoms with E-state index in [1.165, 1.54) is 4.31 Å². The average molecular weight is 480 g/mol. The van der Waals surface area contributed by atoms with Crippen molar-refractivity contribution in [2.75, 3.05) is 10.8 Å². The predicted octanol–water partition coefficient (Wildman–Crippen LogP) is 4.98. The summed E-state index contributed by atoms with van der Waals surface area (Å²) in [4.78, 5) is 16.8. The van der Waals surface area contributed by atoms with Gasteiger partial charge in [-0.3, -0.25) is 14.1 Å². The number of rotatable bonds is 9. The van der Waals surface area contributed by atoms with E-state index in [0.29, 0.717) is 18.7 Å². The zero-order valence-electron chi connectivity index (χ0n) is 20.3. The molecular weight excluding hydrogens is 446 g/mol. The van der Waals surface area contributed by atoms with E-state index in [4.69, 9.17) is 0 Å². The summed E-state index contributed by atoms with van der Waals surface area (Å²) in [5, 5.41) is 2.84. The third-order valence-electron chi connectivity index (χ3n) is 5.59. The minimum Gasteiger partial charge on any atom is -0.350 e. The van der Waals surface area contributed by atoms with Crippen LogP contribution in [0.25, 0.3) is 0 Å². The molecule has 0 unspecified atom stereocenters. The molecule has 0 saturated carbocycles. The summed E-state index contributed by atoms with van der Waals surface area (Å²) in [5.41, 5.74) is 3.40. The summed E-state index contributed by atoms with van der Waals surface area (Å²) < 4.78 is 28.6. The molecule has 3 aromatic rings. The van der Waals surface area contributed by atoms with Crippen molar-refractivity contribution in [1.29, 1.82) is 0 Å². The Morgan fingerprint density at radius 1 is 0.971 bits per heavy atom. The molecule has 2 aromatic carbocycles. The van der Waals surface area contributed by atoms with E-state index >= 15 is 0 Å². The third-order valence-corrected chi connectivity index (χ3v) is 7.43. The molecule has 0 atom stereocenters. The number of anilines is 1. The van der Waals surface area contributed by atoms with Crippen LogP contribution < -0.4 is 9.62 Å². The van der Waals surface area contributed by atoms with E-state index < -0.39 is 10.0 Å². The first-order chi connectivity index (χ1) is 16.1. The van der Waals surface area contributed by atoms with Crippen LogP contribution in [0.5, 0.6) is 0 Å². The maximum absolute atomic E-state index is 13.6. The molecule has 1 N–H and O–H groups in total. The number of pyridine rings is 1. The van der Waals surface area contributed by atoms with Gasteiger partial charge in [-0.2, -0.15) is 0 Å². The van der Waals surface area contributed by atoms with Gasteiger partial charge in [0.2, 0.25) is 5.91 Å². The molecule has 0 bridgehead atoms. The van der Waals surface area contributed by atoms with Crippen LogP contribution in [-0.2, 0) is 26.8 Å². The van der Waals surface area contributed by atoms with Crippen molar-refractivity contribution >= 4 is 21.6 Å². The van der Waals surface area contributed by atoms with Crippen molar-refractivity contribution in [1.82, 2.24) is 10.3 Å². The third kappa shape index (κ3) is 6.67. The number of nitrogens with one attached hydrogen (secondary N) is 1. The Morgan fingerprint density at radius 2 is 1.65 bits per heavy atom. The fourth-order valence-corrected chi connectivity index (χ4v) is 5.02. The lowest BCUT2D eigenvalue weighted by Crippen LogP contribution is -2.33. The van der Waals surface area contributed by atoms with Gasteiger partial charge < -0.3 is 5.32 Å². The van der Waals surface area contributed by atoms with Crippen LogP contribution in [0.4, 0.5) is 5.69 Å². The molecule has 1 amide bonds. The monoisotopic (exact) mass is 479 g/mol. The standard InChI is InChI=1S/C27H33N3O3S/c1-21-10-14-24(15-11-21)30(19-7-9-26(31)29-20-23-8-5-6-18-28-23)34(32,33)25-16-12-22(13-17-25)27(2,3)4/h5-6,8,10-18H,7,9,19-20H2,1-4H3,(H,29,31). The van der Waals surface area contributed by atoms with Gasteiger partial charge in [0.1, 0.15) is 0 Å². The van der Waals surface area contributed by atoms with Gasteiger partial charge in [-0.1, -0.05) is 56.7 Å². The number of nitrogens with zero attached hydrogens (tertiary/aromatic N) is 2. The molecule has 0 aliphatic heterocycles. The van der Waals surface area contributed by atoms with E-state index in [1.807, 2.05) is 49.4 Å². The Labute approximate surface area is 203 Å². The highest BCUT2D eigenvalue weighted by molar-refractivity contribution is 7.92. The van der Waals surface area contributed by atoms with Crippen LogP contribution in [0.1, 0.15) is 50.4 Å². The van der Waals surface area contributed by atoms with E-state index in [1.54, 1.807) is 30.5 Å². The van der Waals surface area contributed by atoms with Crippen LogP contribution >= 0.6 is 0 Å². The molecule has 0 aliphatic rings. The van der Waals surface area contributed by atoms with E-state index in [2.05, 4.69) is 31.1 Å². The van der Waals surface area contributed by atoms with Crippen molar-refractivity contribution in [3.63, 3.8) is 0 Å². The topological polar surface area (TPSA) is 79.4 Å². The lowest BCUT2D eigenvalue weighted by molar-refractivity contribution is -0.121. The molecule has 34 heavy (non-hydrogen) atoms. The van der Waals surface area contributed by atoms with Gasteiger partial charge in [0, 0.05) is 19.2 Å². The number of aromatic nitrogens is 1. The Hall–Kier alpha value is -3.19. The molecular formula is C27H33N3O3S. The van der Waals surface area contributed by atoms with Crippen molar-refractivity contribution in [2.24, 2.45) is 0 Å². The second-order valence-corrected chi connectivity index (χ2v) is 11.3. The molecule has 0 radical (unpaired) electrons. The molecule has 0 fully saturated rings. The maximum atomic E-state index is 13.6. The quantitative estimate of drug-likeness (QED) is 0.469. The van der Waals surface area contributed by atoms with Crippen LogP contribution in [0, 0.1) is 6.92 Å². The highest BCUT2D eigenvalue weighted by atomic mass is 32.2. The molecule has 0 saturated heterocycles. The van der Waals surface area contributed by atoms with E-state index in [9.17, 15) is 13.2 Å². The van der Waals surface area contributed by atoms with Gasteiger partial charge in [0.25, 0.3) is 10.0 Å². The summed E-state index contributed by atoms with van der Waals surface area (Å²) in [5.74, 6) is -0.138. The number of hydrogen-bond acceptors (Lipinski definition) is 4. The van der Waals surface area contributed by atoms with Gasteiger partial charge in [0.15, 0.2) is 0 Å². The molecule has 1 heterocycles. The molecule has 1 aromatic heterocycles. The zero-order chi connectivity index (χ0) is 24.8. The van der Waals surface area contributed by atoms with Gasteiger partial charge in [-0.15, -0.1) is 0 Å². The van der Waals surface area contributed by atoms with Crippen LogP contribution in [0.15, 0.2) is 77.8 Å². The number of amides is 1. The van der Waals surface area contributed by atoms with Crippen molar-refractivity contribution in [3.05, 3.63) is 89.7 Å². The first-order valence-corrected chi connectivity index (χ1v) is 12.9. The predicted molar refractivity (Wildman–Crippen MR) is 136 cm³/mol. The number of hydrogen-bond donors (Lipinski definition) is 1. The highest BCUT2D eigenvalue weighted by Crippen LogP contribution is 2.27. The molecule has 180 valence electrons.